The zero-order valence-corrected chi connectivity index (χ0v) is 9.55. The number of nitrogens with two attached hydrogens (primary N) is 1. The molecule has 1 saturated carbocycles. The Hall–Kier alpha value is -0.130. The SMILES string of the molecule is CC(CN)C1(O)CCCC1S(C)(=O)=O. The van der Waals surface area contributed by atoms with Crippen molar-refractivity contribution in [2.24, 2.45) is 11.7 Å². The van der Waals surface area contributed by atoms with Crippen LogP contribution in [0.3, 0.4) is 0 Å². The van der Waals surface area contributed by atoms with Gasteiger partial charge in [-0.2, -0.15) is 0 Å². The molecule has 0 aliphatic heterocycles. The summed E-state index contributed by atoms with van der Waals surface area (Å²) in [7, 11) is -3.17. The summed E-state index contributed by atoms with van der Waals surface area (Å²) in [4.78, 5) is 0. The van der Waals surface area contributed by atoms with E-state index in [0.29, 0.717) is 19.4 Å². The molecule has 0 radical (unpaired) electrons. The van der Waals surface area contributed by atoms with Crippen molar-refractivity contribution < 1.29 is 13.5 Å². The van der Waals surface area contributed by atoms with Crippen LogP contribution in [0.1, 0.15) is 26.2 Å². The Bertz CT molecular complexity index is 301. The highest BCUT2D eigenvalue weighted by atomic mass is 32.2. The molecule has 0 aromatic carbocycles. The molecular formula is C9H19NO3S. The maximum atomic E-state index is 11.5. The average molecular weight is 221 g/mol. The molecule has 0 aromatic rings. The lowest BCUT2D eigenvalue weighted by molar-refractivity contribution is 0.00155. The first kappa shape index (κ1) is 11.9. The minimum absolute atomic E-state index is 0.162. The van der Waals surface area contributed by atoms with Gasteiger partial charge >= 0.3 is 0 Å². The molecule has 14 heavy (non-hydrogen) atoms. The first-order valence-corrected chi connectivity index (χ1v) is 6.89. The van der Waals surface area contributed by atoms with Crippen LogP contribution in [-0.4, -0.2) is 37.2 Å². The molecule has 0 heterocycles. The van der Waals surface area contributed by atoms with Crippen molar-refractivity contribution in [2.45, 2.75) is 37.0 Å². The molecule has 0 bridgehead atoms. The Balaban J connectivity index is 2.98. The number of hydrogen-bond donors (Lipinski definition) is 2. The molecule has 4 nitrogen and oxygen atoms in total. The number of sulfone groups is 1. The van der Waals surface area contributed by atoms with Crippen molar-refractivity contribution in [3.8, 4) is 0 Å². The highest BCUT2D eigenvalue weighted by Crippen LogP contribution is 2.39. The van der Waals surface area contributed by atoms with Gasteiger partial charge in [-0.15, -0.1) is 0 Å². The lowest BCUT2D eigenvalue weighted by atomic mass is 9.87. The Labute approximate surface area is 85.4 Å². The van der Waals surface area contributed by atoms with E-state index in [1.54, 1.807) is 0 Å². The topological polar surface area (TPSA) is 80.4 Å². The summed E-state index contributed by atoms with van der Waals surface area (Å²) >= 11 is 0. The van der Waals surface area contributed by atoms with Crippen molar-refractivity contribution in [1.82, 2.24) is 0 Å². The predicted octanol–water partition coefficient (Wildman–Crippen LogP) is -0.0906. The van der Waals surface area contributed by atoms with Crippen molar-refractivity contribution in [3.63, 3.8) is 0 Å². The standard InChI is InChI=1S/C9H19NO3S/c1-7(6-10)9(11)5-3-4-8(9)14(2,12)13/h7-8,11H,3-6,10H2,1-2H3. The van der Waals surface area contributed by atoms with E-state index in [0.717, 1.165) is 6.42 Å². The second-order valence-corrected chi connectivity index (χ2v) is 6.57. The van der Waals surface area contributed by atoms with Crippen LogP contribution < -0.4 is 5.73 Å². The summed E-state index contributed by atoms with van der Waals surface area (Å²) in [6, 6.07) is 0. The summed E-state index contributed by atoms with van der Waals surface area (Å²) in [6.07, 6.45) is 3.05. The van der Waals surface area contributed by atoms with Gasteiger partial charge < -0.3 is 10.8 Å². The van der Waals surface area contributed by atoms with E-state index in [1.807, 2.05) is 6.92 Å². The fraction of sp³-hybridized carbons (Fsp3) is 1.00. The molecule has 5 heteroatoms. The van der Waals surface area contributed by atoms with E-state index in [2.05, 4.69) is 0 Å². The Kier molecular flexibility index (Phi) is 3.23. The molecule has 3 N–H and O–H groups in total. The third-order valence-electron chi connectivity index (χ3n) is 3.32. The molecule has 3 unspecified atom stereocenters. The van der Waals surface area contributed by atoms with Gasteiger partial charge in [-0.1, -0.05) is 6.92 Å². The van der Waals surface area contributed by atoms with Gasteiger partial charge in [0.25, 0.3) is 0 Å². The molecule has 0 amide bonds. The normalized spacial score (nSPS) is 35.9. The molecule has 1 fully saturated rings. The van der Waals surface area contributed by atoms with Crippen LogP contribution in [0.5, 0.6) is 0 Å². The second-order valence-electron chi connectivity index (χ2n) is 4.34. The van der Waals surface area contributed by atoms with E-state index in [1.165, 1.54) is 6.26 Å². The third kappa shape index (κ3) is 1.94. The lowest BCUT2D eigenvalue weighted by Gasteiger charge is -2.34. The fourth-order valence-corrected chi connectivity index (χ4v) is 4.02. The molecule has 84 valence electrons. The molecule has 0 spiro atoms. The van der Waals surface area contributed by atoms with E-state index in [9.17, 15) is 13.5 Å². The minimum atomic E-state index is -3.17. The van der Waals surface area contributed by atoms with Gasteiger partial charge in [0.1, 0.15) is 0 Å². The van der Waals surface area contributed by atoms with Crippen LogP contribution in [0.15, 0.2) is 0 Å². The molecule has 3 atom stereocenters. The third-order valence-corrected chi connectivity index (χ3v) is 5.00. The van der Waals surface area contributed by atoms with Crippen LogP contribution in [0.2, 0.25) is 0 Å². The molecule has 1 aliphatic rings. The van der Waals surface area contributed by atoms with E-state index < -0.39 is 20.7 Å². The zero-order valence-electron chi connectivity index (χ0n) is 8.73. The van der Waals surface area contributed by atoms with E-state index in [4.69, 9.17) is 5.73 Å². The van der Waals surface area contributed by atoms with Crippen LogP contribution in [0, 0.1) is 5.92 Å². The average Bonchev–Trinajstić information content (AvgIpc) is 2.46. The summed E-state index contributed by atoms with van der Waals surface area (Å²) in [5, 5.41) is 9.67. The van der Waals surface area contributed by atoms with Gasteiger partial charge in [0.15, 0.2) is 9.84 Å². The highest BCUT2D eigenvalue weighted by molar-refractivity contribution is 7.91. The summed E-state index contributed by atoms with van der Waals surface area (Å²) in [5.41, 5.74) is 4.38. The lowest BCUT2D eigenvalue weighted by Crippen LogP contribution is -2.49. The van der Waals surface area contributed by atoms with Crippen molar-refractivity contribution in [3.05, 3.63) is 0 Å². The van der Waals surface area contributed by atoms with Crippen LogP contribution in [0.25, 0.3) is 0 Å². The Morgan fingerprint density at radius 3 is 2.64 bits per heavy atom. The number of aliphatic hydroxyl groups is 1. The number of hydrogen-bond acceptors (Lipinski definition) is 4. The Morgan fingerprint density at radius 2 is 2.21 bits per heavy atom. The van der Waals surface area contributed by atoms with Gasteiger partial charge in [-0.25, -0.2) is 8.42 Å². The van der Waals surface area contributed by atoms with Gasteiger partial charge in [0.2, 0.25) is 0 Å². The summed E-state index contributed by atoms with van der Waals surface area (Å²) in [6.45, 7) is 2.13. The zero-order chi connectivity index (χ0) is 11.0. The summed E-state index contributed by atoms with van der Waals surface area (Å²) < 4.78 is 22.9. The number of rotatable bonds is 3. The van der Waals surface area contributed by atoms with E-state index >= 15 is 0 Å². The van der Waals surface area contributed by atoms with Crippen molar-refractivity contribution in [1.29, 1.82) is 0 Å². The Morgan fingerprint density at radius 1 is 1.64 bits per heavy atom. The van der Waals surface area contributed by atoms with Crippen LogP contribution in [0.4, 0.5) is 0 Å². The van der Waals surface area contributed by atoms with Crippen LogP contribution >= 0.6 is 0 Å². The first-order chi connectivity index (χ1) is 6.32. The van der Waals surface area contributed by atoms with Gasteiger partial charge in [0, 0.05) is 6.26 Å². The second kappa shape index (κ2) is 3.79. The van der Waals surface area contributed by atoms with E-state index in [-0.39, 0.29) is 5.92 Å². The summed E-state index contributed by atoms with van der Waals surface area (Å²) in [5.74, 6) is -0.162. The van der Waals surface area contributed by atoms with Crippen molar-refractivity contribution in [2.75, 3.05) is 12.8 Å². The monoisotopic (exact) mass is 221 g/mol. The molecule has 0 aromatic heterocycles. The van der Waals surface area contributed by atoms with Crippen LogP contribution in [-0.2, 0) is 9.84 Å². The largest absolute Gasteiger partial charge is 0.388 e. The predicted molar refractivity (Wildman–Crippen MR) is 55.7 cm³/mol. The quantitative estimate of drug-likeness (QED) is 0.698. The minimum Gasteiger partial charge on any atom is -0.388 e. The van der Waals surface area contributed by atoms with Gasteiger partial charge in [0.05, 0.1) is 10.9 Å². The highest BCUT2D eigenvalue weighted by Gasteiger charge is 2.49. The molecule has 1 rings (SSSR count). The maximum Gasteiger partial charge on any atom is 0.153 e. The first-order valence-electron chi connectivity index (χ1n) is 4.93. The molecule has 0 saturated heterocycles. The molecular weight excluding hydrogens is 202 g/mol. The van der Waals surface area contributed by atoms with Gasteiger partial charge in [-0.3, -0.25) is 0 Å². The van der Waals surface area contributed by atoms with Crippen molar-refractivity contribution >= 4 is 9.84 Å². The molecule has 1 aliphatic carbocycles. The maximum absolute atomic E-state index is 11.5. The van der Waals surface area contributed by atoms with Gasteiger partial charge in [-0.05, 0) is 31.7 Å². The smallest absolute Gasteiger partial charge is 0.153 e. The fourth-order valence-electron chi connectivity index (χ4n) is 2.33.